The number of unbranched alkanes of at least 4 members (excludes halogenated alkanes) is 1. The minimum Gasteiger partial charge on any atom is -0.381 e. The number of hydrogen-bond acceptors (Lipinski definition) is 2. The smallest absolute Gasteiger partial charge is 0.0480 e. The summed E-state index contributed by atoms with van der Waals surface area (Å²) >= 11 is 0. The lowest BCUT2D eigenvalue weighted by Crippen LogP contribution is -2.30. The number of rotatable bonds is 11. The van der Waals surface area contributed by atoms with Gasteiger partial charge in [-0.05, 0) is 38.6 Å². The van der Waals surface area contributed by atoms with Crippen LogP contribution in [0.5, 0.6) is 0 Å². The van der Waals surface area contributed by atoms with E-state index in [9.17, 15) is 0 Å². The van der Waals surface area contributed by atoms with Crippen LogP contribution in [0, 0.1) is 0 Å². The molecule has 0 amide bonds. The van der Waals surface area contributed by atoms with Gasteiger partial charge in [0.15, 0.2) is 0 Å². The zero-order valence-corrected chi connectivity index (χ0v) is 10.4. The Morgan fingerprint density at radius 3 is 2.67 bits per heavy atom. The number of ether oxygens (including phenoxy) is 1. The van der Waals surface area contributed by atoms with Gasteiger partial charge in [0.2, 0.25) is 0 Å². The normalized spacial score (nSPS) is 12.7. The molecule has 1 atom stereocenters. The van der Waals surface area contributed by atoms with Crippen LogP contribution < -0.4 is 5.32 Å². The van der Waals surface area contributed by atoms with Crippen molar-refractivity contribution in [2.75, 3.05) is 19.8 Å². The molecule has 0 aromatic rings. The summed E-state index contributed by atoms with van der Waals surface area (Å²) in [5, 5.41) is 3.50. The molecule has 0 saturated carbocycles. The van der Waals surface area contributed by atoms with E-state index in [1.54, 1.807) is 0 Å². The Morgan fingerprint density at radius 1 is 1.27 bits per heavy atom. The van der Waals surface area contributed by atoms with Gasteiger partial charge in [0.1, 0.15) is 0 Å². The Kier molecular flexibility index (Phi) is 11.5. The van der Waals surface area contributed by atoms with Crippen LogP contribution in [0.1, 0.15) is 46.0 Å². The maximum atomic E-state index is 5.51. The van der Waals surface area contributed by atoms with E-state index in [1.807, 2.05) is 6.08 Å². The lowest BCUT2D eigenvalue weighted by atomic mass is 10.1. The molecule has 1 unspecified atom stereocenters. The van der Waals surface area contributed by atoms with Crippen LogP contribution in [0.3, 0.4) is 0 Å². The fourth-order valence-electron chi connectivity index (χ4n) is 1.62. The van der Waals surface area contributed by atoms with E-state index < -0.39 is 0 Å². The average Bonchev–Trinajstić information content (AvgIpc) is 2.24. The third-order valence-electron chi connectivity index (χ3n) is 2.41. The van der Waals surface area contributed by atoms with Crippen molar-refractivity contribution in [3.8, 4) is 0 Å². The molecule has 0 aromatic heterocycles. The van der Waals surface area contributed by atoms with E-state index in [4.69, 9.17) is 4.74 Å². The highest BCUT2D eigenvalue weighted by Gasteiger charge is 2.05. The van der Waals surface area contributed by atoms with Crippen molar-refractivity contribution in [3.63, 3.8) is 0 Å². The minimum atomic E-state index is 0.617. The Morgan fingerprint density at radius 2 is 2.07 bits per heavy atom. The van der Waals surface area contributed by atoms with Gasteiger partial charge in [0.25, 0.3) is 0 Å². The maximum absolute atomic E-state index is 5.51. The van der Waals surface area contributed by atoms with Crippen LogP contribution in [0.2, 0.25) is 0 Å². The molecule has 2 nitrogen and oxygen atoms in total. The summed E-state index contributed by atoms with van der Waals surface area (Å²) < 4.78 is 5.51. The van der Waals surface area contributed by atoms with Crippen molar-refractivity contribution in [2.24, 2.45) is 0 Å². The Labute approximate surface area is 95.1 Å². The average molecular weight is 213 g/mol. The Hall–Kier alpha value is -0.340. The van der Waals surface area contributed by atoms with Gasteiger partial charge in [-0.25, -0.2) is 0 Å². The van der Waals surface area contributed by atoms with Gasteiger partial charge in [0.05, 0.1) is 0 Å². The Balaban J connectivity index is 3.48. The summed E-state index contributed by atoms with van der Waals surface area (Å²) in [7, 11) is 0. The van der Waals surface area contributed by atoms with E-state index in [0.29, 0.717) is 6.04 Å². The zero-order valence-electron chi connectivity index (χ0n) is 10.4. The molecule has 0 aliphatic heterocycles. The molecule has 0 aromatic carbocycles. The first-order valence-corrected chi connectivity index (χ1v) is 6.27. The summed E-state index contributed by atoms with van der Waals surface area (Å²) in [4.78, 5) is 0. The highest BCUT2D eigenvalue weighted by atomic mass is 16.5. The topological polar surface area (TPSA) is 21.3 Å². The largest absolute Gasteiger partial charge is 0.381 e. The van der Waals surface area contributed by atoms with E-state index >= 15 is 0 Å². The van der Waals surface area contributed by atoms with Crippen molar-refractivity contribution >= 4 is 0 Å². The molecule has 15 heavy (non-hydrogen) atoms. The van der Waals surface area contributed by atoms with Gasteiger partial charge in [-0.15, -0.1) is 6.58 Å². The lowest BCUT2D eigenvalue weighted by Gasteiger charge is -2.17. The summed E-state index contributed by atoms with van der Waals surface area (Å²) in [5.41, 5.74) is 0. The van der Waals surface area contributed by atoms with Crippen LogP contribution in [-0.2, 0) is 4.74 Å². The zero-order chi connectivity index (χ0) is 11.4. The summed E-state index contributed by atoms with van der Waals surface area (Å²) in [6.07, 6.45) is 7.83. The van der Waals surface area contributed by atoms with Crippen LogP contribution >= 0.6 is 0 Å². The molecule has 0 aliphatic carbocycles. The van der Waals surface area contributed by atoms with E-state index in [1.165, 1.54) is 12.8 Å². The fraction of sp³-hybridized carbons (Fsp3) is 0.846. The van der Waals surface area contributed by atoms with Crippen LogP contribution in [-0.4, -0.2) is 25.8 Å². The van der Waals surface area contributed by atoms with Gasteiger partial charge in [0, 0.05) is 19.3 Å². The molecule has 0 spiro atoms. The van der Waals surface area contributed by atoms with Gasteiger partial charge < -0.3 is 10.1 Å². The van der Waals surface area contributed by atoms with Gasteiger partial charge in [-0.2, -0.15) is 0 Å². The molecule has 1 N–H and O–H groups in total. The van der Waals surface area contributed by atoms with Crippen molar-refractivity contribution in [1.82, 2.24) is 5.32 Å². The molecular weight excluding hydrogens is 186 g/mol. The highest BCUT2D eigenvalue weighted by Crippen LogP contribution is 2.05. The molecule has 0 heterocycles. The highest BCUT2D eigenvalue weighted by molar-refractivity contribution is 4.71. The minimum absolute atomic E-state index is 0.617. The second-order valence-corrected chi connectivity index (χ2v) is 3.88. The van der Waals surface area contributed by atoms with Crippen molar-refractivity contribution in [3.05, 3.63) is 12.7 Å². The first-order valence-electron chi connectivity index (χ1n) is 6.27. The predicted molar refractivity (Wildman–Crippen MR) is 67.2 cm³/mol. The fourth-order valence-corrected chi connectivity index (χ4v) is 1.62. The van der Waals surface area contributed by atoms with Crippen LogP contribution in [0.25, 0.3) is 0 Å². The third-order valence-corrected chi connectivity index (χ3v) is 2.41. The van der Waals surface area contributed by atoms with Crippen LogP contribution in [0.4, 0.5) is 0 Å². The number of hydrogen-bond donors (Lipinski definition) is 1. The monoisotopic (exact) mass is 213 g/mol. The first-order chi connectivity index (χ1) is 7.35. The Bertz CT molecular complexity index is 136. The molecule has 0 saturated heterocycles. The van der Waals surface area contributed by atoms with Crippen LogP contribution in [0.15, 0.2) is 12.7 Å². The molecule has 0 aliphatic rings. The molecular formula is C13H27NO. The third kappa shape index (κ3) is 9.95. The molecule has 0 bridgehead atoms. The number of allylic oxidation sites excluding steroid dienone is 1. The predicted octanol–water partition coefficient (Wildman–Crippen LogP) is 3.14. The SMILES string of the molecule is C=CCCCC(CCOCCC)NCC. The van der Waals surface area contributed by atoms with Crippen molar-refractivity contribution in [1.29, 1.82) is 0 Å². The maximum Gasteiger partial charge on any atom is 0.0480 e. The number of nitrogens with one attached hydrogen (secondary N) is 1. The van der Waals surface area contributed by atoms with Gasteiger partial charge >= 0.3 is 0 Å². The standard InChI is InChI=1S/C13H27NO/c1-4-7-8-9-13(14-6-3)10-12-15-11-5-2/h4,13-14H,1,5-12H2,2-3H3. The summed E-state index contributed by atoms with van der Waals surface area (Å²) in [6.45, 7) is 10.9. The second-order valence-electron chi connectivity index (χ2n) is 3.88. The van der Waals surface area contributed by atoms with Crippen molar-refractivity contribution in [2.45, 2.75) is 52.0 Å². The van der Waals surface area contributed by atoms with E-state index in [2.05, 4.69) is 25.7 Å². The van der Waals surface area contributed by atoms with Gasteiger partial charge in [-0.1, -0.05) is 19.9 Å². The quantitative estimate of drug-likeness (QED) is 0.420. The van der Waals surface area contributed by atoms with E-state index in [-0.39, 0.29) is 0 Å². The molecule has 0 fully saturated rings. The first kappa shape index (κ1) is 14.7. The van der Waals surface area contributed by atoms with Gasteiger partial charge in [-0.3, -0.25) is 0 Å². The molecule has 2 heteroatoms. The van der Waals surface area contributed by atoms with Crippen molar-refractivity contribution < 1.29 is 4.74 Å². The lowest BCUT2D eigenvalue weighted by molar-refractivity contribution is 0.123. The summed E-state index contributed by atoms with van der Waals surface area (Å²) in [5.74, 6) is 0. The molecule has 0 radical (unpaired) electrons. The summed E-state index contributed by atoms with van der Waals surface area (Å²) in [6, 6.07) is 0.617. The molecule has 90 valence electrons. The van der Waals surface area contributed by atoms with E-state index in [0.717, 1.165) is 39.0 Å². The second kappa shape index (κ2) is 11.7. The molecule has 0 rings (SSSR count).